The second kappa shape index (κ2) is 10.7. The first-order valence-corrected chi connectivity index (χ1v) is 12.6. The summed E-state index contributed by atoms with van der Waals surface area (Å²) in [5.41, 5.74) is 4.12. The van der Waals surface area contributed by atoms with E-state index in [1.54, 1.807) is 24.5 Å². The maximum Gasteiger partial charge on any atom is 0.341 e. The number of esters is 1. The van der Waals surface area contributed by atoms with Crippen molar-refractivity contribution < 1.29 is 18.7 Å². The molecule has 1 amide bonds. The maximum absolute atomic E-state index is 12.8. The number of nitrogens with zero attached hydrogens (tertiary/aromatic N) is 3. The maximum atomic E-state index is 12.8. The zero-order valence-electron chi connectivity index (χ0n) is 19.5. The number of carbonyl (C=O) groups excluding carboxylic acids is 2. The lowest BCUT2D eigenvalue weighted by atomic mass is 9.97. The highest BCUT2D eigenvalue weighted by Gasteiger charge is 2.24. The first-order chi connectivity index (χ1) is 16.9. The fourth-order valence-corrected chi connectivity index (χ4v) is 5.26. The summed E-state index contributed by atoms with van der Waals surface area (Å²) in [4.78, 5) is 25.5. The number of carbonyl (C=O) groups is 2. The number of hydrogen-bond donors (Lipinski definition) is 1. The molecule has 0 spiro atoms. The van der Waals surface area contributed by atoms with Crippen LogP contribution in [0.3, 0.4) is 0 Å². The molecule has 0 atom stereocenters. The van der Waals surface area contributed by atoms with E-state index >= 15 is 0 Å². The summed E-state index contributed by atoms with van der Waals surface area (Å²) in [7, 11) is 1.33. The molecule has 0 bridgehead atoms. The third-order valence-electron chi connectivity index (χ3n) is 5.22. The average molecular weight is 509 g/mol. The molecule has 8 nitrogen and oxygen atoms in total. The lowest BCUT2D eigenvalue weighted by Crippen LogP contribution is -2.16. The van der Waals surface area contributed by atoms with E-state index in [4.69, 9.17) is 9.15 Å². The number of aromatic nitrogens is 3. The molecule has 0 aliphatic carbocycles. The molecule has 1 N–H and O–H groups in total. The van der Waals surface area contributed by atoms with Gasteiger partial charge < -0.3 is 14.5 Å². The van der Waals surface area contributed by atoms with Gasteiger partial charge >= 0.3 is 5.97 Å². The first-order valence-electron chi connectivity index (χ1n) is 10.7. The molecule has 1 aromatic carbocycles. The summed E-state index contributed by atoms with van der Waals surface area (Å²) in [6, 6.07) is 9.62. The Balaban J connectivity index is 1.54. The predicted octanol–water partition coefficient (Wildman–Crippen LogP) is 5.59. The molecule has 0 unspecified atom stereocenters. The second-order valence-electron chi connectivity index (χ2n) is 7.68. The highest BCUT2D eigenvalue weighted by molar-refractivity contribution is 7.99. The number of hydrogen-bond acceptors (Lipinski definition) is 8. The minimum atomic E-state index is -0.501. The van der Waals surface area contributed by atoms with E-state index in [2.05, 4.69) is 22.1 Å². The van der Waals surface area contributed by atoms with Gasteiger partial charge in [0.05, 0.1) is 19.1 Å². The summed E-state index contributed by atoms with van der Waals surface area (Å²) >= 11 is 2.53. The number of anilines is 1. The van der Waals surface area contributed by atoms with Crippen molar-refractivity contribution in [3.63, 3.8) is 0 Å². The highest BCUT2D eigenvalue weighted by Crippen LogP contribution is 2.38. The molecule has 180 valence electrons. The van der Waals surface area contributed by atoms with Gasteiger partial charge in [-0.2, -0.15) is 0 Å². The molecule has 0 aliphatic rings. The van der Waals surface area contributed by atoms with Gasteiger partial charge in [-0.3, -0.25) is 9.36 Å². The molecule has 3 aromatic heterocycles. The van der Waals surface area contributed by atoms with Crippen molar-refractivity contribution in [2.75, 3.05) is 18.2 Å². The van der Waals surface area contributed by atoms with Crippen LogP contribution in [0.4, 0.5) is 5.00 Å². The van der Waals surface area contributed by atoms with Crippen LogP contribution >= 0.6 is 23.1 Å². The zero-order chi connectivity index (χ0) is 24.9. The van der Waals surface area contributed by atoms with Crippen LogP contribution in [0.1, 0.15) is 21.5 Å². The molecular formula is C25H24N4O4S2. The lowest BCUT2D eigenvalue weighted by Gasteiger charge is -2.10. The largest absolute Gasteiger partial charge is 0.465 e. The normalized spacial score (nSPS) is 10.8. The molecule has 4 aromatic rings. The Morgan fingerprint density at radius 1 is 1.26 bits per heavy atom. The number of methoxy groups -OCH3 is 1. The Morgan fingerprint density at radius 3 is 2.80 bits per heavy atom. The first kappa shape index (κ1) is 24.5. The molecule has 0 saturated carbocycles. The lowest BCUT2D eigenvalue weighted by molar-refractivity contribution is -0.113. The molecule has 3 heterocycles. The van der Waals surface area contributed by atoms with Crippen LogP contribution in [0.5, 0.6) is 0 Å². The fraction of sp³-hybridized carbons (Fsp3) is 0.200. The molecule has 0 aliphatic heterocycles. The number of amides is 1. The molecule has 0 fully saturated rings. The minimum absolute atomic E-state index is 0.0742. The monoisotopic (exact) mass is 508 g/mol. The molecule has 35 heavy (non-hydrogen) atoms. The number of ether oxygens (including phenoxy) is 1. The molecular weight excluding hydrogens is 484 g/mol. The van der Waals surface area contributed by atoms with Crippen LogP contribution in [0.15, 0.2) is 64.2 Å². The number of nitrogens with one attached hydrogen (secondary N) is 1. The third kappa shape index (κ3) is 5.23. The summed E-state index contributed by atoms with van der Waals surface area (Å²) in [5.74, 6) is 0.435. The fourth-order valence-electron chi connectivity index (χ4n) is 3.55. The topological polar surface area (TPSA) is 99.2 Å². The Bertz CT molecular complexity index is 1370. The van der Waals surface area contributed by atoms with Crippen LogP contribution in [-0.2, 0) is 16.1 Å². The summed E-state index contributed by atoms with van der Waals surface area (Å²) < 4.78 is 12.3. The van der Waals surface area contributed by atoms with Crippen LogP contribution < -0.4 is 5.32 Å². The van der Waals surface area contributed by atoms with Gasteiger partial charge in [-0.25, -0.2) is 4.79 Å². The smallest absolute Gasteiger partial charge is 0.341 e. The Hall–Kier alpha value is -3.63. The SMILES string of the molecule is C=CCn1c(SCC(=O)Nc2scc(-c3cc(C)ccc3C)c2C(=O)OC)nnc1-c1ccco1. The van der Waals surface area contributed by atoms with Gasteiger partial charge in [0, 0.05) is 17.5 Å². The second-order valence-corrected chi connectivity index (χ2v) is 9.51. The number of thioether (sulfide) groups is 1. The number of allylic oxidation sites excluding steroid dienone is 1. The Kier molecular flexibility index (Phi) is 7.52. The number of rotatable bonds is 9. The van der Waals surface area contributed by atoms with Gasteiger partial charge in [0.1, 0.15) is 10.6 Å². The van der Waals surface area contributed by atoms with E-state index in [9.17, 15) is 9.59 Å². The van der Waals surface area contributed by atoms with Gasteiger partial charge in [-0.15, -0.1) is 28.1 Å². The third-order valence-corrected chi connectivity index (χ3v) is 7.08. The quantitative estimate of drug-likeness (QED) is 0.179. The van der Waals surface area contributed by atoms with E-state index in [1.807, 2.05) is 42.0 Å². The number of thiophene rings is 1. The van der Waals surface area contributed by atoms with Crippen molar-refractivity contribution in [1.29, 1.82) is 0 Å². The van der Waals surface area contributed by atoms with E-state index < -0.39 is 5.97 Å². The highest BCUT2D eigenvalue weighted by atomic mass is 32.2. The molecule has 0 saturated heterocycles. The van der Waals surface area contributed by atoms with Crippen LogP contribution in [0.25, 0.3) is 22.7 Å². The van der Waals surface area contributed by atoms with Crippen LogP contribution in [0, 0.1) is 13.8 Å². The van der Waals surface area contributed by atoms with Crippen molar-refractivity contribution in [3.05, 3.63) is 71.3 Å². The van der Waals surface area contributed by atoms with E-state index in [0.717, 1.165) is 22.3 Å². The molecule has 0 radical (unpaired) electrons. The molecule has 4 rings (SSSR count). The van der Waals surface area contributed by atoms with Crippen molar-refractivity contribution in [2.45, 2.75) is 25.5 Å². The van der Waals surface area contributed by atoms with Crippen molar-refractivity contribution in [1.82, 2.24) is 14.8 Å². The number of aryl methyl sites for hydroxylation is 2. The van der Waals surface area contributed by atoms with E-state index in [0.29, 0.717) is 33.9 Å². The van der Waals surface area contributed by atoms with Gasteiger partial charge in [-0.1, -0.05) is 41.6 Å². The van der Waals surface area contributed by atoms with Gasteiger partial charge in [0.25, 0.3) is 0 Å². The zero-order valence-corrected chi connectivity index (χ0v) is 21.2. The minimum Gasteiger partial charge on any atom is -0.465 e. The summed E-state index contributed by atoms with van der Waals surface area (Å²) in [6.07, 6.45) is 3.29. The predicted molar refractivity (Wildman–Crippen MR) is 138 cm³/mol. The van der Waals surface area contributed by atoms with E-state index in [1.165, 1.54) is 30.2 Å². The van der Waals surface area contributed by atoms with Crippen molar-refractivity contribution in [3.8, 4) is 22.7 Å². The standard InChI is InChI=1S/C25H24N4O4S2/c1-5-10-29-22(19-7-6-11-33-19)27-28-25(29)35-14-20(30)26-23-21(24(31)32-4)18(13-34-23)17-12-15(2)8-9-16(17)3/h5-9,11-13H,1,10,14H2,2-4H3,(H,26,30). The van der Waals surface area contributed by atoms with E-state index in [-0.39, 0.29) is 11.7 Å². The van der Waals surface area contributed by atoms with Crippen molar-refractivity contribution in [2.24, 2.45) is 0 Å². The van der Waals surface area contributed by atoms with Crippen molar-refractivity contribution >= 4 is 40.0 Å². The average Bonchev–Trinajstić information content (AvgIpc) is 3.59. The summed E-state index contributed by atoms with van der Waals surface area (Å²) in [5, 5.41) is 14.1. The van der Waals surface area contributed by atoms with Gasteiger partial charge in [0.2, 0.25) is 11.7 Å². The Labute approximate surface area is 211 Å². The number of benzene rings is 1. The molecule has 10 heteroatoms. The van der Waals surface area contributed by atoms with Crippen LogP contribution in [0.2, 0.25) is 0 Å². The summed E-state index contributed by atoms with van der Waals surface area (Å²) in [6.45, 7) is 8.23. The van der Waals surface area contributed by atoms with Gasteiger partial charge in [-0.05, 0) is 37.1 Å². The Morgan fingerprint density at radius 2 is 2.09 bits per heavy atom. The van der Waals surface area contributed by atoms with Crippen LogP contribution in [-0.4, -0.2) is 39.5 Å². The van der Waals surface area contributed by atoms with Gasteiger partial charge in [0.15, 0.2) is 10.9 Å². The number of furan rings is 1.